The summed E-state index contributed by atoms with van der Waals surface area (Å²) < 4.78 is 8.05. The van der Waals surface area contributed by atoms with Crippen LogP contribution in [-0.2, 0) is 4.74 Å². The Balaban J connectivity index is 1.54. The van der Waals surface area contributed by atoms with Gasteiger partial charge < -0.3 is 24.2 Å². The van der Waals surface area contributed by atoms with Crippen LogP contribution in [0.25, 0.3) is 16.9 Å². The third kappa shape index (κ3) is 4.43. The third-order valence-corrected chi connectivity index (χ3v) is 6.54. The molecule has 1 atom stereocenters. The first kappa shape index (κ1) is 22.2. The van der Waals surface area contributed by atoms with Gasteiger partial charge in [-0.2, -0.15) is 0 Å². The predicted molar refractivity (Wildman–Crippen MR) is 129 cm³/mol. The lowest BCUT2D eigenvalue weighted by atomic mass is 10.0. The average molecular weight is 460 g/mol. The van der Waals surface area contributed by atoms with Gasteiger partial charge in [-0.15, -0.1) is 0 Å². The van der Waals surface area contributed by atoms with Gasteiger partial charge in [-0.1, -0.05) is 48.5 Å². The Labute approximate surface area is 199 Å². The molecule has 2 heterocycles. The molecular weight excluding hydrogens is 430 g/mol. The Hall–Kier alpha value is -3.58. The zero-order chi connectivity index (χ0) is 23.7. The fourth-order valence-electron chi connectivity index (χ4n) is 4.67. The molecule has 0 unspecified atom stereocenters. The van der Waals surface area contributed by atoms with Gasteiger partial charge in [0.1, 0.15) is 0 Å². The lowest BCUT2D eigenvalue weighted by Crippen LogP contribution is -2.58. The summed E-state index contributed by atoms with van der Waals surface area (Å²) in [5.41, 5.74) is 4.37. The summed E-state index contributed by atoms with van der Waals surface area (Å²) in [6, 6.07) is 21.6. The van der Waals surface area contributed by atoms with Crippen LogP contribution in [0, 0.1) is 6.92 Å². The van der Waals surface area contributed by atoms with Crippen LogP contribution in [-0.4, -0.2) is 69.9 Å². The summed E-state index contributed by atoms with van der Waals surface area (Å²) in [5, 5.41) is 9.52. The van der Waals surface area contributed by atoms with Gasteiger partial charge >= 0.3 is 6.09 Å². The van der Waals surface area contributed by atoms with E-state index in [9.17, 15) is 14.7 Å². The van der Waals surface area contributed by atoms with Crippen molar-refractivity contribution >= 4 is 12.0 Å². The molecule has 5 rings (SSSR count). The number of piperazine rings is 1. The molecule has 1 saturated carbocycles. The second-order valence-corrected chi connectivity index (χ2v) is 9.00. The molecule has 2 fully saturated rings. The van der Waals surface area contributed by atoms with Crippen molar-refractivity contribution in [2.75, 3.05) is 26.2 Å². The van der Waals surface area contributed by atoms with Crippen LogP contribution in [0.4, 0.5) is 4.79 Å². The van der Waals surface area contributed by atoms with Gasteiger partial charge in [0, 0.05) is 31.0 Å². The molecule has 2 amide bonds. The molecule has 1 aromatic heterocycles. The first-order valence-corrected chi connectivity index (χ1v) is 11.8. The molecule has 1 aliphatic carbocycles. The van der Waals surface area contributed by atoms with Crippen molar-refractivity contribution in [2.24, 2.45) is 0 Å². The van der Waals surface area contributed by atoms with E-state index in [1.54, 1.807) is 4.90 Å². The summed E-state index contributed by atoms with van der Waals surface area (Å²) in [6.07, 6.45) is 1.33. The number of carbonyl (C=O) groups is 2. The molecule has 176 valence electrons. The van der Waals surface area contributed by atoms with E-state index in [1.807, 2.05) is 73.7 Å². The number of amides is 2. The van der Waals surface area contributed by atoms with E-state index >= 15 is 0 Å². The highest BCUT2D eigenvalue weighted by atomic mass is 16.5. The van der Waals surface area contributed by atoms with Crippen molar-refractivity contribution in [1.82, 2.24) is 14.4 Å². The van der Waals surface area contributed by atoms with E-state index in [2.05, 4.69) is 4.57 Å². The van der Waals surface area contributed by atoms with Crippen LogP contribution in [0.5, 0.6) is 0 Å². The lowest BCUT2D eigenvalue weighted by Gasteiger charge is -2.40. The van der Waals surface area contributed by atoms with Crippen LogP contribution in [0.1, 0.15) is 28.9 Å². The van der Waals surface area contributed by atoms with E-state index in [0.29, 0.717) is 25.3 Å². The maximum Gasteiger partial charge on any atom is 0.407 e. The summed E-state index contributed by atoms with van der Waals surface area (Å²) in [4.78, 5) is 28.8. The molecular formula is C27H29N3O4. The highest BCUT2D eigenvalue weighted by molar-refractivity contribution is 6.01. The number of aryl methyl sites for hydroxylation is 1. The SMILES string of the molecule is Cc1cc(C(=O)N2CCN(C(=O)O)C[C@H]2COC2CC2)c(-c2ccccc2)n1-c1ccccc1. The second-order valence-electron chi connectivity index (χ2n) is 9.00. The standard InChI is InChI=1S/C27H29N3O4/c1-19-16-24(25(20-8-4-2-5-9-20)30(19)21-10-6-3-7-11-21)26(31)29-15-14-28(27(32)33)17-22(29)18-34-23-12-13-23/h2-11,16,22-23H,12-15,17-18H2,1H3,(H,32,33)/t22-/m0/s1. The normalized spacial score (nSPS) is 18.2. The Morgan fingerprint density at radius 2 is 1.68 bits per heavy atom. The Morgan fingerprint density at radius 3 is 2.32 bits per heavy atom. The van der Waals surface area contributed by atoms with Crippen LogP contribution < -0.4 is 0 Å². The molecule has 7 nitrogen and oxygen atoms in total. The number of ether oxygens (including phenoxy) is 1. The maximum absolute atomic E-state index is 14.0. The fraction of sp³-hybridized carbons (Fsp3) is 0.333. The van der Waals surface area contributed by atoms with E-state index in [1.165, 1.54) is 4.90 Å². The molecule has 0 radical (unpaired) electrons. The molecule has 1 saturated heterocycles. The summed E-state index contributed by atoms with van der Waals surface area (Å²) >= 11 is 0. The number of benzene rings is 2. The zero-order valence-electron chi connectivity index (χ0n) is 19.3. The Bertz CT molecular complexity index is 1170. The molecule has 1 aliphatic heterocycles. The lowest BCUT2D eigenvalue weighted by molar-refractivity contribution is 0.00886. The molecule has 2 aliphatic rings. The molecule has 1 N–H and O–H groups in total. The Morgan fingerprint density at radius 1 is 1.00 bits per heavy atom. The smallest absolute Gasteiger partial charge is 0.407 e. The van der Waals surface area contributed by atoms with Gasteiger partial charge in [0.2, 0.25) is 0 Å². The minimum absolute atomic E-state index is 0.0916. The summed E-state index contributed by atoms with van der Waals surface area (Å²) in [7, 11) is 0. The van der Waals surface area contributed by atoms with Crippen molar-refractivity contribution in [2.45, 2.75) is 31.9 Å². The average Bonchev–Trinajstić information content (AvgIpc) is 3.63. The fourth-order valence-corrected chi connectivity index (χ4v) is 4.67. The first-order chi connectivity index (χ1) is 16.5. The number of hydrogen-bond acceptors (Lipinski definition) is 3. The quantitative estimate of drug-likeness (QED) is 0.592. The van der Waals surface area contributed by atoms with Gasteiger partial charge in [-0.3, -0.25) is 4.79 Å². The van der Waals surface area contributed by atoms with Gasteiger partial charge in [0.05, 0.1) is 30.0 Å². The highest BCUT2D eigenvalue weighted by Gasteiger charge is 2.36. The van der Waals surface area contributed by atoms with E-state index in [4.69, 9.17) is 4.74 Å². The number of rotatable bonds is 6. The largest absolute Gasteiger partial charge is 0.465 e. The molecule has 3 aromatic rings. The molecule has 0 spiro atoms. The molecule has 7 heteroatoms. The highest BCUT2D eigenvalue weighted by Crippen LogP contribution is 2.33. The molecule has 2 aromatic carbocycles. The van der Waals surface area contributed by atoms with Crippen LogP contribution in [0.3, 0.4) is 0 Å². The van der Waals surface area contributed by atoms with Crippen molar-refractivity contribution in [3.05, 3.63) is 78.0 Å². The van der Waals surface area contributed by atoms with Gasteiger partial charge in [-0.25, -0.2) is 4.79 Å². The number of nitrogens with zero attached hydrogens (tertiary/aromatic N) is 3. The monoisotopic (exact) mass is 459 g/mol. The van der Waals surface area contributed by atoms with Gasteiger partial charge in [-0.05, 0) is 43.5 Å². The van der Waals surface area contributed by atoms with Gasteiger partial charge in [0.25, 0.3) is 5.91 Å². The van der Waals surface area contributed by atoms with Crippen molar-refractivity contribution in [1.29, 1.82) is 0 Å². The number of aromatic nitrogens is 1. The third-order valence-electron chi connectivity index (χ3n) is 6.54. The van der Waals surface area contributed by atoms with Crippen molar-refractivity contribution in [3.8, 4) is 16.9 Å². The number of para-hydroxylation sites is 1. The summed E-state index contributed by atoms with van der Waals surface area (Å²) in [5.74, 6) is -0.0916. The minimum Gasteiger partial charge on any atom is -0.465 e. The Kier molecular flexibility index (Phi) is 6.11. The van der Waals surface area contributed by atoms with E-state index < -0.39 is 6.09 Å². The zero-order valence-corrected chi connectivity index (χ0v) is 19.3. The van der Waals surface area contributed by atoms with Crippen LogP contribution >= 0.6 is 0 Å². The summed E-state index contributed by atoms with van der Waals surface area (Å²) in [6.45, 7) is 3.24. The van der Waals surface area contributed by atoms with Crippen LogP contribution in [0.15, 0.2) is 66.7 Å². The van der Waals surface area contributed by atoms with E-state index in [0.717, 1.165) is 35.5 Å². The molecule has 34 heavy (non-hydrogen) atoms. The molecule has 0 bridgehead atoms. The van der Waals surface area contributed by atoms with Crippen molar-refractivity contribution < 1.29 is 19.4 Å². The number of carboxylic acid groups (broad SMARTS) is 1. The minimum atomic E-state index is -0.959. The maximum atomic E-state index is 14.0. The number of hydrogen-bond donors (Lipinski definition) is 1. The number of carbonyl (C=O) groups excluding carboxylic acids is 1. The topological polar surface area (TPSA) is 75.0 Å². The van der Waals surface area contributed by atoms with E-state index in [-0.39, 0.29) is 24.6 Å². The van der Waals surface area contributed by atoms with Crippen molar-refractivity contribution in [3.63, 3.8) is 0 Å². The predicted octanol–water partition coefficient (Wildman–Crippen LogP) is 4.44. The van der Waals surface area contributed by atoms with Gasteiger partial charge in [0.15, 0.2) is 0 Å². The first-order valence-electron chi connectivity index (χ1n) is 11.8. The second kappa shape index (κ2) is 9.35. The van der Waals surface area contributed by atoms with Crippen LogP contribution in [0.2, 0.25) is 0 Å².